The molecule has 0 spiro atoms. The molecule has 0 aliphatic heterocycles. The summed E-state index contributed by atoms with van der Waals surface area (Å²) in [6.07, 6.45) is 6.22. The van der Waals surface area contributed by atoms with Gasteiger partial charge in [-0.05, 0) is 31.6 Å². The van der Waals surface area contributed by atoms with E-state index in [0.717, 1.165) is 24.4 Å². The maximum atomic E-state index is 6.07. The average Bonchev–Trinajstić information content (AvgIpc) is 2.76. The molecule has 0 radical (unpaired) electrons. The second-order valence-electron chi connectivity index (χ2n) is 5.31. The molecule has 6 nitrogen and oxygen atoms in total. The number of imidazole rings is 1. The monoisotopic (exact) mass is 261 g/mol. The predicted octanol–water partition coefficient (Wildman–Crippen LogP) is 2.17. The van der Waals surface area contributed by atoms with Gasteiger partial charge in [-0.15, -0.1) is 0 Å². The third-order valence-electron chi connectivity index (χ3n) is 4.01. The summed E-state index contributed by atoms with van der Waals surface area (Å²) in [4.78, 5) is 12.8. The standard InChI is InChI=1S/C13H19N5O/c1-8-3-5-9(6-4-8)18-11-10(17-13(18)14)12(19-2)16-7-15-11/h7-9H,3-6H2,1-2H3,(H2,14,17). The molecule has 0 bridgehead atoms. The van der Waals surface area contributed by atoms with Crippen molar-refractivity contribution in [3.63, 3.8) is 0 Å². The minimum atomic E-state index is 0.390. The number of nitrogens with two attached hydrogens (primary N) is 1. The molecule has 2 heterocycles. The molecule has 0 unspecified atom stereocenters. The number of fused-ring (bicyclic) bond motifs is 1. The first-order chi connectivity index (χ1) is 9.20. The molecule has 2 aromatic heterocycles. The van der Waals surface area contributed by atoms with Gasteiger partial charge in [0.25, 0.3) is 0 Å². The van der Waals surface area contributed by atoms with E-state index in [1.807, 2.05) is 4.57 Å². The van der Waals surface area contributed by atoms with Crippen LogP contribution in [0.1, 0.15) is 38.6 Å². The van der Waals surface area contributed by atoms with Crippen molar-refractivity contribution in [2.45, 2.75) is 38.6 Å². The van der Waals surface area contributed by atoms with Crippen LogP contribution >= 0.6 is 0 Å². The van der Waals surface area contributed by atoms with Crippen LogP contribution in [-0.2, 0) is 0 Å². The van der Waals surface area contributed by atoms with Crippen molar-refractivity contribution in [2.24, 2.45) is 5.92 Å². The maximum Gasteiger partial charge on any atom is 0.245 e. The molecule has 0 atom stereocenters. The molecular formula is C13H19N5O. The molecule has 1 aliphatic carbocycles. The zero-order valence-electron chi connectivity index (χ0n) is 11.3. The third-order valence-corrected chi connectivity index (χ3v) is 4.01. The summed E-state index contributed by atoms with van der Waals surface area (Å²) < 4.78 is 7.26. The van der Waals surface area contributed by atoms with Gasteiger partial charge in [0.05, 0.1) is 7.11 Å². The number of rotatable bonds is 2. The first-order valence-corrected chi connectivity index (χ1v) is 6.73. The van der Waals surface area contributed by atoms with Gasteiger partial charge < -0.3 is 10.5 Å². The third kappa shape index (κ3) is 2.01. The summed E-state index contributed by atoms with van der Waals surface area (Å²) in [6.45, 7) is 2.30. The Bertz CT molecular complexity index is 586. The summed E-state index contributed by atoms with van der Waals surface area (Å²) in [6, 6.07) is 0.390. The van der Waals surface area contributed by atoms with Crippen molar-refractivity contribution in [1.29, 1.82) is 0 Å². The van der Waals surface area contributed by atoms with E-state index in [4.69, 9.17) is 10.5 Å². The largest absolute Gasteiger partial charge is 0.479 e. The van der Waals surface area contributed by atoms with Gasteiger partial charge in [-0.3, -0.25) is 4.57 Å². The van der Waals surface area contributed by atoms with Crippen molar-refractivity contribution in [1.82, 2.24) is 19.5 Å². The van der Waals surface area contributed by atoms with Crippen LogP contribution in [0.3, 0.4) is 0 Å². The molecule has 0 amide bonds. The van der Waals surface area contributed by atoms with E-state index >= 15 is 0 Å². The average molecular weight is 261 g/mol. The van der Waals surface area contributed by atoms with Crippen molar-refractivity contribution in [2.75, 3.05) is 12.8 Å². The van der Waals surface area contributed by atoms with E-state index in [9.17, 15) is 0 Å². The van der Waals surface area contributed by atoms with Crippen LogP contribution in [0.2, 0.25) is 0 Å². The molecule has 6 heteroatoms. The number of anilines is 1. The number of hydrogen-bond acceptors (Lipinski definition) is 5. The molecule has 0 aromatic carbocycles. The van der Waals surface area contributed by atoms with E-state index in [1.165, 1.54) is 19.2 Å². The van der Waals surface area contributed by atoms with Gasteiger partial charge in [-0.25, -0.2) is 9.97 Å². The van der Waals surface area contributed by atoms with Gasteiger partial charge in [0, 0.05) is 6.04 Å². The molecule has 2 N–H and O–H groups in total. The topological polar surface area (TPSA) is 78.8 Å². The van der Waals surface area contributed by atoms with Crippen molar-refractivity contribution >= 4 is 17.1 Å². The lowest BCUT2D eigenvalue weighted by Gasteiger charge is -2.27. The Hall–Kier alpha value is -1.85. The lowest BCUT2D eigenvalue weighted by molar-refractivity contribution is 0.295. The number of aromatic nitrogens is 4. The van der Waals surface area contributed by atoms with Crippen LogP contribution in [0.5, 0.6) is 5.88 Å². The van der Waals surface area contributed by atoms with Crippen molar-refractivity contribution in [3.8, 4) is 5.88 Å². The molecule has 19 heavy (non-hydrogen) atoms. The summed E-state index contributed by atoms with van der Waals surface area (Å²) in [5, 5.41) is 0. The van der Waals surface area contributed by atoms with E-state index < -0.39 is 0 Å². The molecule has 2 aromatic rings. The highest BCUT2D eigenvalue weighted by molar-refractivity contribution is 5.79. The van der Waals surface area contributed by atoms with Gasteiger partial charge in [-0.2, -0.15) is 4.98 Å². The van der Waals surface area contributed by atoms with E-state index in [2.05, 4.69) is 21.9 Å². The fourth-order valence-corrected chi connectivity index (χ4v) is 2.92. The van der Waals surface area contributed by atoms with Crippen LogP contribution in [0.4, 0.5) is 5.95 Å². The second-order valence-corrected chi connectivity index (χ2v) is 5.31. The van der Waals surface area contributed by atoms with Gasteiger partial charge in [0.15, 0.2) is 11.2 Å². The normalized spacial score (nSPS) is 23.7. The zero-order chi connectivity index (χ0) is 13.4. The van der Waals surface area contributed by atoms with Crippen LogP contribution in [0.25, 0.3) is 11.2 Å². The van der Waals surface area contributed by atoms with E-state index in [0.29, 0.717) is 23.4 Å². The highest BCUT2D eigenvalue weighted by Gasteiger charge is 2.25. The summed E-state index contributed by atoms with van der Waals surface area (Å²) in [5.74, 6) is 1.80. The fraction of sp³-hybridized carbons (Fsp3) is 0.615. The number of nitrogens with zero attached hydrogens (tertiary/aromatic N) is 4. The molecule has 1 fully saturated rings. The van der Waals surface area contributed by atoms with Crippen molar-refractivity contribution in [3.05, 3.63) is 6.33 Å². The van der Waals surface area contributed by atoms with Crippen LogP contribution in [-0.4, -0.2) is 26.6 Å². The van der Waals surface area contributed by atoms with Gasteiger partial charge in [-0.1, -0.05) is 6.92 Å². The number of nitrogen functional groups attached to an aromatic ring is 1. The molecule has 0 saturated heterocycles. The number of methoxy groups -OCH3 is 1. The summed E-state index contributed by atoms with van der Waals surface area (Å²) in [7, 11) is 1.58. The smallest absolute Gasteiger partial charge is 0.245 e. The highest BCUT2D eigenvalue weighted by atomic mass is 16.5. The van der Waals surface area contributed by atoms with Crippen molar-refractivity contribution < 1.29 is 4.74 Å². The lowest BCUT2D eigenvalue weighted by atomic mass is 9.87. The van der Waals surface area contributed by atoms with E-state index in [-0.39, 0.29) is 0 Å². The molecule has 3 rings (SSSR count). The lowest BCUT2D eigenvalue weighted by Crippen LogP contribution is -2.18. The van der Waals surface area contributed by atoms with Gasteiger partial charge in [0.1, 0.15) is 6.33 Å². The first kappa shape index (κ1) is 12.2. The first-order valence-electron chi connectivity index (χ1n) is 6.73. The molecule has 102 valence electrons. The Labute approximate surface area is 112 Å². The van der Waals surface area contributed by atoms with Crippen LogP contribution in [0, 0.1) is 5.92 Å². The molecule has 1 aliphatic rings. The quantitative estimate of drug-likeness (QED) is 0.896. The highest BCUT2D eigenvalue weighted by Crippen LogP contribution is 2.36. The van der Waals surface area contributed by atoms with Crippen LogP contribution < -0.4 is 10.5 Å². The number of ether oxygens (including phenoxy) is 1. The van der Waals surface area contributed by atoms with Gasteiger partial charge >= 0.3 is 0 Å². The molecule has 1 saturated carbocycles. The SMILES string of the molecule is COc1ncnc2c1nc(N)n2C1CCC(C)CC1. The summed E-state index contributed by atoms with van der Waals surface area (Å²) >= 11 is 0. The summed E-state index contributed by atoms with van der Waals surface area (Å²) in [5.41, 5.74) is 7.51. The Kier molecular flexibility index (Phi) is 3.00. The Morgan fingerprint density at radius 1 is 1.26 bits per heavy atom. The molecular weight excluding hydrogens is 242 g/mol. The van der Waals surface area contributed by atoms with Crippen LogP contribution in [0.15, 0.2) is 6.33 Å². The van der Waals surface area contributed by atoms with Gasteiger partial charge in [0.2, 0.25) is 11.8 Å². The predicted molar refractivity (Wildman–Crippen MR) is 73.0 cm³/mol. The maximum absolute atomic E-state index is 6.07. The number of hydrogen-bond donors (Lipinski definition) is 1. The zero-order valence-corrected chi connectivity index (χ0v) is 11.3. The fourth-order valence-electron chi connectivity index (χ4n) is 2.92. The Morgan fingerprint density at radius 2 is 2.00 bits per heavy atom. The minimum absolute atomic E-state index is 0.390. The Balaban J connectivity index is 2.06. The minimum Gasteiger partial charge on any atom is -0.479 e. The Morgan fingerprint density at radius 3 is 2.68 bits per heavy atom. The van der Waals surface area contributed by atoms with E-state index in [1.54, 1.807) is 7.11 Å². The second kappa shape index (κ2) is 4.68.